The molecule has 5 heteroatoms. The van der Waals surface area contributed by atoms with Crippen molar-refractivity contribution in [1.29, 1.82) is 0 Å². The third kappa shape index (κ3) is 6.23. The molecule has 0 amide bonds. The summed E-state index contributed by atoms with van der Waals surface area (Å²) in [5.41, 5.74) is -0.687. The van der Waals surface area contributed by atoms with Crippen LogP contribution >= 0.6 is 15.9 Å². The minimum atomic E-state index is -0.364. The van der Waals surface area contributed by atoms with Crippen molar-refractivity contribution in [1.82, 2.24) is 9.55 Å². The maximum absolute atomic E-state index is 11.5. The molecule has 1 aromatic rings. The number of aromatic nitrogens is 2. The molecule has 1 heterocycles. The number of halogens is 1. The van der Waals surface area contributed by atoms with Crippen LogP contribution in [0.2, 0.25) is 0 Å². The first-order valence-corrected chi connectivity index (χ1v) is 7.93. The smallest absolute Gasteiger partial charge is 0.299 e. The average Bonchev–Trinajstić information content (AvgIpc) is 2.38. The van der Waals surface area contributed by atoms with E-state index in [0.29, 0.717) is 11.0 Å². The molecule has 0 atom stereocenters. The number of hydrogen-bond acceptors (Lipinski definition) is 2. The summed E-state index contributed by atoms with van der Waals surface area (Å²) in [5, 5.41) is 0. The van der Waals surface area contributed by atoms with Gasteiger partial charge in [-0.2, -0.15) is 0 Å². The molecule has 0 aliphatic rings. The third-order valence-electron chi connectivity index (χ3n) is 3.22. The normalized spacial score (nSPS) is 10.8. The van der Waals surface area contributed by atoms with E-state index in [1.165, 1.54) is 38.5 Å². The van der Waals surface area contributed by atoms with Crippen molar-refractivity contribution in [3.8, 4) is 0 Å². The number of H-pyrrole nitrogens is 1. The first-order chi connectivity index (χ1) is 9.15. The number of unbranched alkanes of at least 4 members (excludes halogenated alkanes) is 7. The summed E-state index contributed by atoms with van der Waals surface area (Å²) in [4.78, 5) is 25.0. The Bertz CT molecular complexity index is 479. The second-order valence-electron chi connectivity index (χ2n) is 4.90. The van der Waals surface area contributed by atoms with Crippen LogP contribution in [0.15, 0.2) is 20.3 Å². The lowest BCUT2D eigenvalue weighted by molar-refractivity contribution is 0.531. The van der Waals surface area contributed by atoms with Gasteiger partial charge in [0.1, 0.15) is 0 Å². The molecule has 19 heavy (non-hydrogen) atoms. The molecule has 0 radical (unpaired) electrons. The van der Waals surface area contributed by atoms with Gasteiger partial charge in [-0.05, 0) is 22.4 Å². The molecule has 0 saturated heterocycles. The van der Waals surface area contributed by atoms with Gasteiger partial charge in [0.15, 0.2) is 0 Å². The fourth-order valence-corrected chi connectivity index (χ4v) is 2.41. The number of rotatable bonds is 9. The quantitative estimate of drug-likeness (QED) is 0.705. The van der Waals surface area contributed by atoms with Crippen LogP contribution in [0.3, 0.4) is 0 Å². The molecule has 0 aromatic carbocycles. The van der Waals surface area contributed by atoms with Gasteiger partial charge in [-0.15, -0.1) is 0 Å². The summed E-state index contributed by atoms with van der Waals surface area (Å²) in [6, 6.07) is 0. The SMILES string of the molecule is CCCCCCCCCCn1cc(Br)c(=O)[nH]c1=O. The lowest BCUT2D eigenvalue weighted by atomic mass is 10.1. The van der Waals surface area contributed by atoms with Gasteiger partial charge in [0.2, 0.25) is 0 Å². The van der Waals surface area contributed by atoms with Gasteiger partial charge in [-0.3, -0.25) is 14.3 Å². The Morgan fingerprint density at radius 1 is 1.05 bits per heavy atom. The van der Waals surface area contributed by atoms with Crippen LogP contribution in [-0.4, -0.2) is 9.55 Å². The van der Waals surface area contributed by atoms with Crippen LogP contribution < -0.4 is 11.2 Å². The number of aromatic amines is 1. The van der Waals surface area contributed by atoms with Crippen molar-refractivity contribution in [3.63, 3.8) is 0 Å². The maximum Gasteiger partial charge on any atom is 0.328 e. The number of nitrogens with one attached hydrogen (secondary N) is 1. The van der Waals surface area contributed by atoms with Crippen molar-refractivity contribution < 1.29 is 0 Å². The van der Waals surface area contributed by atoms with Gasteiger partial charge in [-0.1, -0.05) is 51.9 Å². The predicted octanol–water partition coefficient (Wildman–Crippen LogP) is 3.44. The molecule has 0 unspecified atom stereocenters. The zero-order valence-electron chi connectivity index (χ0n) is 11.6. The molecular formula is C14H23BrN2O2. The lowest BCUT2D eigenvalue weighted by Gasteiger charge is -2.05. The minimum absolute atomic E-state index is 0.323. The molecule has 1 N–H and O–H groups in total. The van der Waals surface area contributed by atoms with Crippen molar-refractivity contribution in [2.75, 3.05) is 0 Å². The van der Waals surface area contributed by atoms with E-state index in [-0.39, 0.29) is 11.2 Å². The topological polar surface area (TPSA) is 54.9 Å². The van der Waals surface area contributed by atoms with E-state index < -0.39 is 0 Å². The Morgan fingerprint density at radius 3 is 2.26 bits per heavy atom. The van der Waals surface area contributed by atoms with E-state index in [0.717, 1.165) is 12.8 Å². The molecule has 0 aliphatic carbocycles. The van der Waals surface area contributed by atoms with Gasteiger partial charge in [0.25, 0.3) is 5.56 Å². The summed E-state index contributed by atoms with van der Waals surface area (Å²) in [5.74, 6) is 0. The van der Waals surface area contributed by atoms with E-state index in [4.69, 9.17) is 0 Å². The summed E-state index contributed by atoms with van der Waals surface area (Å²) < 4.78 is 1.97. The number of hydrogen-bond donors (Lipinski definition) is 1. The van der Waals surface area contributed by atoms with Crippen molar-refractivity contribution in [2.24, 2.45) is 0 Å². The largest absolute Gasteiger partial charge is 0.328 e. The maximum atomic E-state index is 11.5. The summed E-state index contributed by atoms with van der Waals surface area (Å²) in [6.45, 7) is 2.89. The van der Waals surface area contributed by atoms with E-state index in [1.807, 2.05) is 0 Å². The highest BCUT2D eigenvalue weighted by molar-refractivity contribution is 9.10. The molecule has 1 rings (SSSR count). The van der Waals surface area contributed by atoms with E-state index in [2.05, 4.69) is 27.8 Å². The number of aryl methyl sites for hydroxylation is 1. The van der Waals surface area contributed by atoms with Gasteiger partial charge in [-0.25, -0.2) is 4.79 Å². The van der Waals surface area contributed by atoms with Crippen LogP contribution in [-0.2, 0) is 6.54 Å². The van der Waals surface area contributed by atoms with Crippen molar-refractivity contribution in [3.05, 3.63) is 31.5 Å². The Labute approximate surface area is 122 Å². The second-order valence-corrected chi connectivity index (χ2v) is 5.76. The van der Waals surface area contributed by atoms with Crippen LogP contribution in [0, 0.1) is 0 Å². The lowest BCUT2D eigenvalue weighted by Crippen LogP contribution is -2.29. The van der Waals surface area contributed by atoms with Crippen LogP contribution in [0.25, 0.3) is 0 Å². The van der Waals surface area contributed by atoms with Crippen molar-refractivity contribution in [2.45, 2.75) is 64.8 Å². The molecule has 0 fully saturated rings. The highest BCUT2D eigenvalue weighted by atomic mass is 79.9. The Balaban J connectivity index is 2.21. The summed E-state index contributed by atoms with van der Waals surface area (Å²) in [6.07, 6.45) is 11.5. The fraction of sp³-hybridized carbons (Fsp3) is 0.714. The molecule has 0 saturated carbocycles. The minimum Gasteiger partial charge on any atom is -0.299 e. The Kier molecular flexibility index (Phi) is 7.79. The van der Waals surface area contributed by atoms with Crippen LogP contribution in [0.1, 0.15) is 58.3 Å². The van der Waals surface area contributed by atoms with E-state index in [1.54, 1.807) is 10.8 Å². The van der Waals surface area contributed by atoms with Gasteiger partial charge in [0.05, 0.1) is 4.47 Å². The van der Waals surface area contributed by atoms with E-state index >= 15 is 0 Å². The number of nitrogens with zero attached hydrogens (tertiary/aromatic N) is 1. The Hall–Kier alpha value is -0.840. The first-order valence-electron chi connectivity index (χ1n) is 7.14. The van der Waals surface area contributed by atoms with Crippen molar-refractivity contribution >= 4 is 15.9 Å². The zero-order chi connectivity index (χ0) is 14.1. The predicted molar refractivity (Wildman–Crippen MR) is 81.6 cm³/mol. The highest BCUT2D eigenvalue weighted by Gasteiger charge is 2.01. The third-order valence-corrected chi connectivity index (χ3v) is 3.78. The van der Waals surface area contributed by atoms with Crippen LogP contribution in [0.4, 0.5) is 0 Å². The monoisotopic (exact) mass is 330 g/mol. The standard InChI is InChI=1S/C14H23BrN2O2/c1-2-3-4-5-6-7-8-9-10-17-11-12(15)13(18)16-14(17)19/h11H,2-10H2,1H3,(H,16,18,19). The Morgan fingerprint density at radius 2 is 1.63 bits per heavy atom. The average molecular weight is 331 g/mol. The molecule has 108 valence electrons. The zero-order valence-corrected chi connectivity index (χ0v) is 13.2. The molecule has 0 spiro atoms. The summed E-state index contributed by atoms with van der Waals surface area (Å²) in [7, 11) is 0. The summed E-state index contributed by atoms with van der Waals surface area (Å²) >= 11 is 3.13. The molecule has 0 aliphatic heterocycles. The van der Waals surface area contributed by atoms with Gasteiger partial charge in [0, 0.05) is 12.7 Å². The fourth-order valence-electron chi connectivity index (χ4n) is 2.06. The van der Waals surface area contributed by atoms with Gasteiger partial charge >= 0.3 is 5.69 Å². The molecule has 4 nitrogen and oxygen atoms in total. The molecular weight excluding hydrogens is 308 g/mol. The highest BCUT2D eigenvalue weighted by Crippen LogP contribution is 2.09. The van der Waals surface area contributed by atoms with Gasteiger partial charge < -0.3 is 0 Å². The van der Waals surface area contributed by atoms with E-state index in [9.17, 15) is 9.59 Å². The van der Waals surface area contributed by atoms with Crippen LogP contribution in [0.5, 0.6) is 0 Å². The molecule has 1 aromatic heterocycles. The molecule has 0 bridgehead atoms. The first kappa shape index (κ1) is 16.2. The second kappa shape index (κ2) is 9.13.